The summed E-state index contributed by atoms with van der Waals surface area (Å²) in [5.41, 5.74) is 0.0806. The second-order valence-electron chi connectivity index (χ2n) is 3.86. The van der Waals surface area contributed by atoms with Gasteiger partial charge in [-0.2, -0.15) is 0 Å². The van der Waals surface area contributed by atoms with Crippen LogP contribution in [0.3, 0.4) is 0 Å². The minimum Gasteiger partial charge on any atom is -0.478 e. The number of carbonyl (C=O) groups is 2. The number of carboxylic acids is 1. The first-order chi connectivity index (χ1) is 10.1. The summed E-state index contributed by atoms with van der Waals surface area (Å²) >= 11 is 4.32. The lowest BCUT2D eigenvalue weighted by Gasteiger charge is -2.05. The molecule has 0 atom stereocenters. The molecule has 2 rings (SSSR count). The van der Waals surface area contributed by atoms with Gasteiger partial charge in [0.25, 0.3) is 0 Å². The third-order valence-corrected chi connectivity index (χ3v) is 3.81. The molecular formula is C13H10BrN3O3S. The van der Waals surface area contributed by atoms with Crippen molar-refractivity contribution in [2.24, 2.45) is 0 Å². The molecule has 0 bridgehead atoms. The zero-order chi connectivity index (χ0) is 15.2. The number of thioether (sulfide) groups is 1. The number of nitrogens with zero attached hydrogens (tertiary/aromatic N) is 2. The molecule has 8 heteroatoms. The number of carboxylic acid groups (broad SMARTS) is 1. The van der Waals surface area contributed by atoms with Crippen molar-refractivity contribution < 1.29 is 14.7 Å². The molecule has 2 aromatic rings. The van der Waals surface area contributed by atoms with Gasteiger partial charge in [-0.1, -0.05) is 11.8 Å². The number of halogens is 1. The molecule has 0 saturated carbocycles. The number of amides is 1. The molecule has 2 aromatic heterocycles. The van der Waals surface area contributed by atoms with Crippen LogP contribution in [0.1, 0.15) is 10.4 Å². The number of aromatic nitrogens is 2. The fraction of sp³-hybridized carbons (Fsp3) is 0.0769. The van der Waals surface area contributed by atoms with E-state index in [1.807, 2.05) is 0 Å². The maximum atomic E-state index is 11.8. The van der Waals surface area contributed by atoms with E-state index in [1.165, 1.54) is 12.3 Å². The molecule has 108 valence electrons. The summed E-state index contributed by atoms with van der Waals surface area (Å²) in [4.78, 5) is 30.8. The monoisotopic (exact) mass is 367 g/mol. The van der Waals surface area contributed by atoms with Gasteiger partial charge < -0.3 is 10.4 Å². The second-order valence-corrected chi connectivity index (χ2v) is 5.74. The van der Waals surface area contributed by atoms with Gasteiger partial charge in [0, 0.05) is 16.9 Å². The zero-order valence-corrected chi connectivity index (χ0v) is 13.0. The Morgan fingerprint density at radius 2 is 2.10 bits per heavy atom. The molecule has 0 fully saturated rings. The molecule has 0 radical (unpaired) electrons. The molecule has 21 heavy (non-hydrogen) atoms. The first kappa shape index (κ1) is 15.5. The smallest absolute Gasteiger partial charge is 0.338 e. The molecule has 2 heterocycles. The summed E-state index contributed by atoms with van der Waals surface area (Å²) in [5, 5.41) is 12.0. The van der Waals surface area contributed by atoms with Gasteiger partial charge in [0.05, 0.1) is 11.3 Å². The maximum absolute atomic E-state index is 11.8. The number of rotatable bonds is 5. The SMILES string of the molecule is O=C(CSc1ncccc1C(=O)O)Nc1ccc(Br)cn1. The van der Waals surface area contributed by atoms with Crippen LogP contribution in [0.5, 0.6) is 0 Å². The van der Waals surface area contributed by atoms with E-state index in [0.717, 1.165) is 16.2 Å². The number of pyridine rings is 2. The highest BCUT2D eigenvalue weighted by Crippen LogP contribution is 2.20. The number of hydrogen-bond donors (Lipinski definition) is 2. The standard InChI is InChI=1S/C13H10BrN3O3S/c14-8-3-4-10(16-6-8)17-11(18)7-21-12-9(13(19)20)2-1-5-15-12/h1-6H,7H2,(H,19,20)(H,16,17,18). The van der Waals surface area contributed by atoms with Gasteiger partial charge in [0.1, 0.15) is 10.8 Å². The molecule has 0 unspecified atom stereocenters. The first-order valence-corrected chi connectivity index (χ1v) is 7.56. The maximum Gasteiger partial charge on any atom is 0.338 e. The third kappa shape index (κ3) is 4.54. The highest BCUT2D eigenvalue weighted by Gasteiger charge is 2.13. The van der Waals surface area contributed by atoms with Gasteiger partial charge in [-0.05, 0) is 40.2 Å². The molecule has 0 aromatic carbocycles. The molecular weight excluding hydrogens is 358 g/mol. The van der Waals surface area contributed by atoms with Crippen LogP contribution < -0.4 is 5.32 Å². The normalized spacial score (nSPS) is 10.1. The predicted molar refractivity (Wildman–Crippen MR) is 82.5 cm³/mol. The highest BCUT2D eigenvalue weighted by atomic mass is 79.9. The third-order valence-electron chi connectivity index (χ3n) is 2.34. The fourth-order valence-electron chi connectivity index (χ4n) is 1.43. The van der Waals surface area contributed by atoms with E-state index in [1.54, 1.807) is 24.4 Å². The lowest BCUT2D eigenvalue weighted by molar-refractivity contribution is -0.113. The van der Waals surface area contributed by atoms with Crippen LogP contribution in [-0.4, -0.2) is 32.7 Å². The Hall–Kier alpha value is -1.93. The van der Waals surface area contributed by atoms with Gasteiger partial charge in [0.15, 0.2) is 0 Å². The summed E-state index contributed by atoms with van der Waals surface area (Å²) in [7, 11) is 0. The van der Waals surface area contributed by atoms with E-state index in [9.17, 15) is 9.59 Å². The molecule has 0 spiro atoms. The van der Waals surface area contributed by atoms with Crippen molar-refractivity contribution in [2.75, 3.05) is 11.1 Å². The van der Waals surface area contributed by atoms with E-state index in [2.05, 4.69) is 31.2 Å². The summed E-state index contributed by atoms with van der Waals surface area (Å²) in [6, 6.07) is 6.41. The van der Waals surface area contributed by atoms with Crippen LogP contribution in [0.2, 0.25) is 0 Å². The van der Waals surface area contributed by atoms with Gasteiger partial charge >= 0.3 is 5.97 Å². The second kappa shape index (κ2) is 7.19. The molecule has 0 saturated heterocycles. The van der Waals surface area contributed by atoms with Crippen LogP contribution in [0.4, 0.5) is 5.82 Å². The van der Waals surface area contributed by atoms with Crippen LogP contribution >= 0.6 is 27.7 Å². The lowest BCUT2D eigenvalue weighted by Crippen LogP contribution is -2.15. The first-order valence-electron chi connectivity index (χ1n) is 5.79. The van der Waals surface area contributed by atoms with E-state index in [4.69, 9.17) is 5.11 Å². The average Bonchev–Trinajstić information content (AvgIpc) is 2.48. The Bertz CT molecular complexity index is 664. The molecule has 1 amide bonds. The Morgan fingerprint density at radius 3 is 2.76 bits per heavy atom. The van der Waals surface area contributed by atoms with Crippen molar-refractivity contribution in [3.63, 3.8) is 0 Å². The van der Waals surface area contributed by atoms with E-state index >= 15 is 0 Å². The van der Waals surface area contributed by atoms with Crippen LogP contribution in [-0.2, 0) is 4.79 Å². The van der Waals surface area contributed by atoms with Gasteiger partial charge in [-0.25, -0.2) is 14.8 Å². The molecule has 0 aliphatic heterocycles. The zero-order valence-electron chi connectivity index (χ0n) is 10.6. The Balaban J connectivity index is 1.95. The number of aromatic carboxylic acids is 1. The van der Waals surface area contributed by atoms with Gasteiger partial charge in [-0.3, -0.25) is 4.79 Å². The topological polar surface area (TPSA) is 92.2 Å². The van der Waals surface area contributed by atoms with Gasteiger partial charge in [0.2, 0.25) is 5.91 Å². The number of anilines is 1. The van der Waals surface area contributed by atoms with E-state index in [-0.39, 0.29) is 17.2 Å². The number of hydrogen-bond acceptors (Lipinski definition) is 5. The van der Waals surface area contributed by atoms with Crippen LogP contribution in [0, 0.1) is 0 Å². The van der Waals surface area contributed by atoms with Crippen molar-refractivity contribution in [3.05, 3.63) is 46.7 Å². The lowest BCUT2D eigenvalue weighted by atomic mass is 10.3. The quantitative estimate of drug-likeness (QED) is 0.789. The Kier molecular flexibility index (Phi) is 5.29. The van der Waals surface area contributed by atoms with Crippen LogP contribution in [0.25, 0.3) is 0 Å². The molecule has 2 N–H and O–H groups in total. The largest absolute Gasteiger partial charge is 0.478 e. The minimum absolute atomic E-state index is 0.0506. The van der Waals surface area contributed by atoms with Crippen molar-refractivity contribution in [1.29, 1.82) is 0 Å². The summed E-state index contributed by atoms with van der Waals surface area (Å²) in [6.07, 6.45) is 3.06. The van der Waals surface area contributed by atoms with Crippen molar-refractivity contribution >= 4 is 45.4 Å². The highest BCUT2D eigenvalue weighted by molar-refractivity contribution is 9.10. The van der Waals surface area contributed by atoms with E-state index < -0.39 is 5.97 Å². The molecule has 0 aliphatic carbocycles. The van der Waals surface area contributed by atoms with Crippen LogP contribution in [0.15, 0.2) is 46.2 Å². The number of carbonyl (C=O) groups excluding carboxylic acids is 1. The predicted octanol–water partition coefficient (Wildman–Crippen LogP) is 2.67. The Labute approximate surface area is 133 Å². The fourth-order valence-corrected chi connectivity index (χ4v) is 2.45. The summed E-state index contributed by atoms with van der Waals surface area (Å²) < 4.78 is 0.814. The molecule has 6 nitrogen and oxygen atoms in total. The summed E-state index contributed by atoms with van der Waals surface area (Å²) in [5.74, 6) is -0.865. The van der Waals surface area contributed by atoms with Crippen molar-refractivity contribution in [3.8, 4) is 0 Å². The number of nitrogens with one attached hydrogen (secondary N) is 1. The minimum atomic E-state index is -1.07. The van der Waals surface area contributed by atoms with Gasteiger partial charge in [-0.15, -0.1) is 0 Å². The average molecular weight is 368 g/mol. The van der Waals surface area contributed by atoms with E-state index in [0.29, 0.717) is 10.8 Å². The van der Waals surface area contributed by atoms with Crippen molar-refractivity contribution in [2.45, 2.75) is 5.03 Å². The molecule has 0 aliphatic rings. The summed E-state index contributed by atoms with van der Waals surface area (Å²) in [6.45, 7) is 0. The Morgan fingerprint density at radius 1 is 1.29 bits per heavy atom. The van der Waals surface area contributed by atoms with Crippen molar-refractivity contribution in [1.82, 2.24) is 9.97 Å².